The Morgan fingerprint density at radius 3 is 2.14 bits per heavy atom. The van der Waals surface area contributed by atoms with Gasteiger partial charge in [0.2, 0.25) is 11.8 Å². The number of benzene rings is 2. The normalized spacial score (nSPS) is 11.1. The van der Waals surface area contributed by atoms with Crippen molar-refractivity contribution in [1.29, 1.82) is 0 Å². The molecular weight excluding hydrogens is 374 g/mol. The molecule has 0 heterocycles. The summed E-state index contributed by atoms with van der Waals surface area (Å²) in [7, 11) is 0. The topological polar surface area (TPSA) is 114 Å². The van der Waals surface area contributed by atoms with E-state index in [1.807, 2.05) is 6.07 Å². The van der Waals surface area contributed by atoms with Gasteiger partial charge in [0.05, 0.1) is 12.5 Å². The van der Waals surface area contributed by atoms with E-state index < -0.39 is 24.5 Å². The molecule has 0 bridgehead atoms. The van der Waals surface area contributed by atoms with E-state index >= 15 is 0 Å². The molecule has 0 spiro atoms. The molecule has 0 aliphatic rings. The summed E-state index contributed by atoms with van der Waals surface area (Å²) in [6.07, 6.45) is -0.102. The quantitative estimate of drug-likeness (QED) is 0.592. The zero-order chi connectivity index (χ0) is 21.2. The Morgan fingerprint density at radius 2 is 1.52 bits per heavy atom. The van der Waals surface area contributed by atoms with Gasteiger partial charge in [-0.3, -0.25) is 19.2 Å². The summed E-state index contributed by atoms with van der Waals surface area (Å²) in [5, 5.41) is 7.90. The van der Waals surface area contributed by atoms with Crippen LogP contribution in [0, 0.1) is 0 Å². The van der Waals surface area contributed by atoms with Crippen molar-refractivity contribution < 1.29 is 23.9 Å². The second-order valence-electron chi connectivity index (χ2n) is 6.34. The van der Waals surface area contributed by atoms with Gasteiger partial charge in [-0.05, 0) is 23.8 Å². The van der Waals surface area contributed by atoms with E-state index in [9.17, 15) is 19.2 Å². The van der Waals surface area contributed by atoms with Crippen LogP contribution in [0.1, 0.15) is 31.9 Å². The van der Waals surface area contributed by atoms with Gasteiger partial charge >= 0.3 is 5.97 Å². The lowest BCUT2D eigenvalue weighted by molar-refractivity contribution is -0.148. The fourth-order valence-corrected chi connectivity index (χ4v) is 2.63. The van der Waals surface area contributed by atoms with Crippen LogP contribution in [-0.4, -0.2) is 30.3 Å². The van der Waals surface area contributed by atoms with E-state index in [0.29, 0.717) is 11.4 Å². The van der Waals surface area contributed by atoms with Gasteiger partial charge in [0.15, 0.2) is 6.61 Å². The van der Waals surface area contributed by atoms with Crippen LogP contribution >= 0.6 is 0 Å². The third-order valence-electron chi connectivity index (χ3n) is 3.78. The summed E-state index contributed by atoms with van der Waals surface area (Å²) in [4.78, 5) is 46.7. The third-order valence-corrected chi connectivity index (χ3v) is 3.78. The van der Waals surface area contributed by atoms with Gasteiger partial charge in [0.25, 0.3) is 5.91 Å². The lowest BCUT2D eigenvalue weighted by atomic mass is 10.0. The predicted octanol–water partition coefficient (Wildman–Crippen LogP) is 2.39. The molecule has 29 heavy (non-hydrogen) atoms. The molecule has 2 aromatic carbocycles. The lowest BCUT2D eigenvalue weighted by Gasteiger charge is -2.17. The molecule has 3 amide bonds. The first kappa shape index (κ1) is 21.6. The number of hydrogen-bond donors (Lipinski definition) is 3. The highest BCUT2D eigenvalue weighted by Gasteiger charge is 2.18. The maximum atomic E-state index is 12.1. The number of carbonyl (C=O) groups excluding carboxylic acids is 4. The van der Waals surface area contributed by atoms with E-state index in [-0.39, 0.29) is 18.2 Å². The third kappa shape index (κ3) is 7.84. The minimum Gasteiger partial charge on any atom is -0.455 e. The summed E-state index contributed by atoms with van der Waals surface area (Å²) >= 11 is 0. The molecule has 1 atom stereocenters. The second-order valence-corrected chi connectivity index (χ2v) is 6.34. The van der Waals surface area contributed by atoms with Gasteiger partial charge in [-0.1, -0.05) is 36.4 Å². The molecule has 2 rings (SSSR count). The Kier molecular flexibility index (Phi) is 7.90. The van der Waals surface area contributed by atoms with Gasteiger partial charge < -0.3 is 20.7 Å². The molecule has 0 radical (unpaired) electrons. The smallest absolute Gasteiger partial charge is 0.308 e. The van der Waals surface area contributed by atoms with Crippen LogP contribution < -0.4 is 16.0 Å². The van der Waals surface area contributed by atoms with Gasteiger partial charge in [0.1, 0.15) is 0 Å². The standard InChI is InChI=1S/C21H23N3O5/c1-14(25)22-17-9-6-10-18(11-17)24-20(27)13-29-21(28)12-19(23-15(2)26)16-7-4-3-5-8-16/h3-11,19H,12-13H2,1-2H3,(H,22,25)(H,23,26)(H,24,27)/t19-/m1/s1. The molecular formula is C21H23N3O5. The number of rotatable bonds is 8. The average molecular weight is 397 g/mol. The Bertz CT molecular complexity index is 883. The number of ether oxygens (including phenoxy) is 1. The molecule has 0 unspecified atom stereocenters. The van der Waals surface area contributed by atoms with Crippen molar-refractivity contribution in [2.75, 3.05) is 17.2 Å². The highest BCUT2D eigenvalue weighted by atomic mass is 16.5. The first-order chi connectivity index (χ1) is 13.8. The zero-order valence-corrected chi connectivity index (χ0v) is 16.2. The van der Waals surface area contributed by atoms with Gasteiger partial charge in [-0.15, -0.1) is 0 Å². The van der Waals surface area contributed by atoms with Crippen LogP contribution in [0.15, 0.2) is 54.6 Å². The molecule has 3 N–H and O–H groups in total. The lowest BCUT2D eigenvalue weighted by Crippen LogP contribution is -2.29. The van der Waals surface area contributed by atoms with Gasteiger partial charge in [0, 0.05) is 25.2 Å². The first-order valence-electron chi connectivity index (χ1n) is 8.98. The molecule has 0 saturated heterocycles. The van der Waals surface area contributed by atoms with E-state index in [2.05, 4.69) is 16.0 Å². The monoisotopic (exact) mass is 397 g/mol. The maximum Gasteiger partial charge on any atom is 0.308 e. The van der Waals surface area contributed by atoms with Gasteiger partial charge in [-0.2, -0.15) is 0 Å². The van der Waals surface area contributed by atoms with Crippen LogP contribution in [0.3, 0.4) is 0 Å². The predicted molar refractivity (Wildman–Crippen MR) is 108 cm³/mol. The molecule has 8 heteroatoms. The summed E-state index contributed by atoms with van der Waals surface area (Å²) in [5.41, 5.74) is 1.75. The first-order valence-corrected chi connectivity index (χ1v) is 8.98. The van der Waals surface area contributed by atoms with Crippen molar-refractivity contribution in [2.24, 2.45) is 0 Å². The molecule has 0 aliphatic heterocycles. The van der Waals surface area contributed by atoms with E-state index in [0.717, 1.165) is 5.56 Å². The number of nitrogens with one attached hydrogen (secondary N) is 3. The molecule has 2 aromatic rings. The molecule has 0 aliphatic carbocycles. The molecule has 0 fully saturated rings. The number of amides is 3. The summed E-state index contributed by atoms with van der Waals surface area (Å²) in [5.74, 6) is -1.64. The SMILES string of the molecule is CC(=O)Nc1cccc(NC(=O)COC(=O)C[C@@H](NC(C)=O)c2ccccc2)c1. The van der Waals surface area contributed by atoms with Crippen molar-refractivity contribution >= 4 is 35.1 Å². The van der Waals surface area contributed by atoms with Crippen LogP contribution in [0.25, 0.3) is 0 Å². The minimum atomic E-state index is -0.616. The highest BCUT2D eigenvalue weighted by Crippen LogP contribution is 2.18. The van der Waals surface area contributed by atoms with Crippen LogP contribution in [-0.2, 0) is 23.9 Å². The number of hydrogen-bond acceptors (Lipinski definition) is 5. The molecule has 0 saturated carbocycles. The van der Waals surface area contributed by atoms with Crippen molar-refractivity contribution in [3.05, 3.63) is 60.2 Å². The molecule has 0 aromatic heterocycles. The maximum absolute atomic E-state index is 12.1. The largest absolute Gasteiger partial charge is 0.455 e. The van der Waals surface area contributed by atoms with Crippen LogP contribution in [0.2, 0.25) is 0 Å². The summed E-state index contributed by atoms with van der Waals surface area (Å²) < 4.78 is 5.03. The summed E-state index contributed by atoms with van der Waals surface area (Å²) in [6, 6.07) is 15.1. The zero-order valence-electron chi connectivity index (χ0n) is 16.2. The van der Waals surface area contributed by atoms with Crippen LogP contribution in [0.4, 0.5) is 11.4 Å². The van der Waals surface area contributed by atoms with Crippen molar-refractivity contribution in [1.82, 2.24) is 5.32 Å². The fraction of sp³-hybridized carbons (Fsp3) is 0.238. The second kappa shape index (κ2) is 10.6. The summed E-state index contributed by atoms with van der Waals surface area (Å²) in [6.45, 7) is 2.28. The Morgan fingerprint density at radius 1 is 0.862 bits per heavy atom. The Balaban J connectivity index is 1.88. The van der Waals surface area contributed by atoms with E-state index in [4.69, 9.17) is 4.74 Å². The number of carbonyl (C=O) groups is 4. The van der Waals surface area contributed by atoms with E-state index in [1.54, 1.807) is 48.5 Å². The van der Waals surface area contributed by atoms with Crippen molar-refractivity contribution in [3.8, 4) is 0 Å². The highest BCUT2D eigenvalue weighted by molar-refractivity contribution is 5.94. The number of esters is 1. The van der Waals surface area contributed by atoms with Crippen LogP contribution in [0.5, 0.6) is 0 Å². The van der Waals surface area contributed by atoms with Crippen molar-refractivity contribution in [3.63, 3.8) is 0 Å². The Labute approximate surface area is 168 Å². The van der Waals surface area contributed by atoms with Gasteiger partial charge in [-0.25, -0.2) is 0 Å². The molecule has 8 nitrogen and oxygen atoms in total. The fourth-order valence-electron chi connectivity index (χ4n) is 2.63. The van der Waals surface area contributed by atoms with Crippen molar-refractivity contribution in [2.45, 2.75) is 26.3 Å². The minimum absolute atomic E-state index is 0.102. The van der Waals surface area contributed by atoms with E-state index in [1.165, 1.54) is 13.8 Å². The Hall–Kier alpha value is -3.68. The molecule has 152 valence electrons. The average Bonchev–Trinajstić information content (AvgIpc) is 2.66. The number of anilines is 2.